The van der Waals surface area contributed by atoms with Crippen molar-refractivity contribution in [3.8, 4) is 0 Å². The minimum atomic E-state index is 0.765. The fourth-order valence-corrected chi connectivity index (χ4v) is 2.40. The number of benzene rings is 1. The van der Waals surface area contributed by atoms with Gasteiger partial charge in [0.15, 0.2) is 0 Å². The molecule has 2 rings (SSSR count). The zero-order valence-electron chi connectivity index (χ0n) is 9.35. The van der Waals surface area contributed by atoms with Crippen LogP contribution in [0.3, 0.4) is 0 Å². The van der Waals surface area contributed by atoms with Gasteiger partial charge in [-0.1, -0.05) is 23.7 Å². The van der Waals surface area contributed by atoms with Gasteiger partial charge < -0.3 is 5.32 Å². The summed E-state index contributed by atoms with van der Waals surface area (Å²) in [6.07, 6.45) is 3.50. The molecular formula is C12H12ClN3S. The van der Waals surface area contributed by atoms with Crippen molar-refractivity contribution >= 4 is 29.2 Å². The van der Waals surface area contributed by atoms with Crippen LogP contribution in [0.25, 0.3) is 0 Å². The van der Waals surface area contributed by atoms with E-state index in [4.69, 9.17) is 11.6 Å². The van der Waals surface area contributed by atoms with Crippen molar-refractivity contribution in [2.24, 2.45) is 0 Å². The third kappa shape index (κ3) is 3.35. The van der Waals surface area contributed by atoms with Gasteiger partial charge in [-0.25, -0.2) is 4.98 Å². The number of hydrogen-bond acceptors (Lipinski definition) is 4. The molecule has 1 aromatic carbocycles. The lowest BCUT2D eigenvalue weighted by molar-refractivity contribution is 1.10. The molecule has 0 spiro atoms. The molecule has 0 aliphatic heterocycles. The van der Waals surface area contributed by atoms with Crippen LogP contribution in [0.2, 0.25) is 5.02 Å². The molecule has 3 nitrogen and oxygen atoms in total. The van der Waals surface area contributed by atoms with Crippen LogP contribution in [0.4, 0.5) is 5.82 Å². The van der Waals surface area contributed by atoms with E-state index >= 15 is 0 Å². The van der Waals surface area contributed by atoms with E-state index in [-0.39, 0.29) is 0 Å². The van der Waals surface area contributed by atoms with Crippen LogP contribution in [0, 0.1) is 0 Å². The first kappa shape index (κ1) is 12.2. The summed E-state index contributed by atoms with van der Waals surface area (Å²) in [4.78, 5) is 9.58. The van der Waals surface area contributed by atoms with Crippen molar-refractivity contribution < 1.29 is 0 Å². The molecule has 88 valence electrons. The van der Waals surface area contributed by atoms with Crippen molar-refractivity contribution in [1.82, 2.24) is 9.97 Å². The molecule has 1 aromatic heterocycles. The summed E-state index contributed by atoms with van der Waals surface area (Å²) >= 11 is 7.73. The van der Waals surface area contributed by atoms with E-state index in [0.717, 1.165) is 27.2 Å². The first-order valence-corrected chi connectivity index (χ1v) is 6.52. The average Bonchev–Trinajstić information content (AvgIpc) is 2.38. The molecule has 1 N–H and O–H groups in total. The number of thioether (sulfide) groups is 1. The molecule has 0 amide bonds. The molecule has 0 atom stereocenters. The second-order valence-corrected chi connectivity index (χ2v) is 4.79. The van der Waals surface area contributed by atoms with Gasteiger partial charge in [0, 0.05) is 17.7 Å². The van der Waals surface area contributed by atoms with Crippen LogP contribution in [-0.4, -0.2) is 17.0 Å². The maximum Gasteiger partial charge on any atom is 0.144 e. The van der Waals surface area contributed by atoms with Gasteiger partial charge in [0.2, 0.25) is 0 Å². The van der Waals surface area contributed by atoms with Gasteiger partial charge in [-0.2, -0.15) is 0 Å². The Morgan fingerprint density at radius 3 is 2.71 bits per heavy atom. The van der Waals surface area contributed by atoms with Crippen LogP contribution < -0.4 is 5.32 Å². The van der Waals surface area contributed by atoms with Crippen LogP contribution >= 0.6 is 23.4 Å². The van der Waals surface area contributed by atoms with Gasteiger partial charge in [-0.15, -0.1) is 11.8 Å². The summed E-state index contributed by atoms with van der Waals surface area (Å²) in [5, 5.41) is 3.71. The number of nitrogens with one attached hydrogen (secondary N) is 1. The third-order valence-corrected chi connectivity index (χ3v) is 3.72. The van der Waals surface area contributed by atoms with E-state index in [1.807, 2.05) is 31.3 Å². The highest BCUT2D eigenvalue weighted by Gasteiger charge is 2.02. The third-order valence-electron chi connectivity index (χ3n) is 2.17. The topological polar surface area (TPSA) is 37.8 Å². The predicted octanol–water partition coefficient (Wildman–Crippen LogP) is 3.46. The zero-order valence-corrected chi connectivity index (χ0v) is 10.9. The van der Waals surface area contributed by atoms with E-state index in [0.29, 0.717) is 0 Å². The zero-order chi connectivity index (χ0) is 12.1. The Balaban J connectivity index is 2.00. The normalized spacial score (nSPS) is 10.2. The minimum Gasteiger partial charge on any atom is -0.372 e. The Morgan fingerprint density at radius 2 is 2.06 bits per heavy atom. The summed E-state index contributed by atoms with van der Waals surface area (Å²) in [6, 6.07) is 7.79. The minimum absolute atomic E-state index is 0.765. The fourth-order valence-electron chi connectivity index (χ4n) is 1.27. The van der Waals surface area contributed by atoms with Gasteiger partial charge in [-0.3, -0.25) is 4.98 Å². The van der Waals surface area contributed by atoms with Crippen molar-refractivity contribution in [2.45, 2.75) is 10.6 Å². The number of hydrogen-bond donors (Lipinski definition) is 1. The Hall–Kier alpha value is -1.26. The lowest BCUT2D eigenvalue weighted by Crippen LogP contribution is -1.95. The molecule has 2 aromatic rings. The highest BCUT2D eigenvalue weighted by Crippen LogP contribution is 2.28. The van der Waals surface area contributed by atoms with Crippen LogP contribution in [0.15, 0.2) is 41.6 Å². The molecule has 0 fully saturated rings. The van der Waals surface area contributed by atoms with Crippen molar-refractivity contribution in [1.29, 1.82) is 0 Å². The quantitative estimate of drug-likeness (QED) is 0.859. The Bertz CT molecular complexity index is 487. The average molecular weight is 266 g/mol. The van der Waals surface area contributed by atoms with Gasteiger partial charge in [-0.05, 0) is 12.1 Å². The lowest BCUT2D eigenvalue weighted by Gasteiger charge is -2.04. The highest BCUT2D eigenvalue weighted by atomic mass is 35.5. The first-order chi connectivity index (χ1) is 8.29. The van der Waals surface area contributed by atoms with E-state index < -0.39 is 0 Å². The summed E-state index contributed by atoms with van der Waals surface area (Å²) in [5.74, 6) is 1.54. The molecule has 0 unspecified atom stereocenters. The fraction of sp³-hybridized carbons (Fsp3) is 0.167. The Morgan fingerprint density at radius 1 is 1.24 bits per heavy atom. The van der Waals surface area contributed by atoms with Crippen molar-refractivity contribution in [3.05, 3.63) is 47.4 Å². The molecule has 0 aliphatic carbocycles. The molecule has 0 radical (unpaired) electrons. The predicted molar refractivity (Wildman–Crippen MR) is 72.6 cm³/mol. The number of anilines is 1. The lowest BCUT2D eigenvalue weighted by atomic mass is 10.4. The molecule has 0 bridgehead atoms. The van der Waals surface area contributed by atoms with E-state index in [1.165, 1.54) is 0 Å². The number of nitrogens with zero attached hydrogens (tertiary/aromatic N) is 2. The monoisotopic (exact) mass is 265 g/mol. The number of aromatic nitrogens is 2. The second kappa shape index (κ2) is 5.89. The van der Waals surface area contributed by atoms with Gasteiger partial charge >= 0.3 is 0 Å². The molecule has 5 heteroatoms. The van der Waals surface area contributed by atoms with Gasteiger partial charge in [0.25, 0.3) is 0 Å². The smallest absolute Gasteiger partial charge is 0.144 e. The molecule has 1 heterocycles. The van der Waals surface area contributed by atoms with Crippen LogP contribution in [-0.2, 0) is 5.75 Å². The summed E-state index contributed by atoms with van der Waals surface area (Å²) in [5.41, 5.74) is 0.939. The maximum atomic E-state index is 6.07. The van der Waals surface area contributed by atoms with E-state index in [1.54, 1.807) is 24.2 Å². The van der Waals surface area contributed by atoms with Crippen molar-refractivity contribution in [3.63, 3.8) is 0 Å². The SMILES string of the molecule is CNc1cnc(CSc2ccccc2Cl)cn1. The van der Waals surface area contributed by atoms with Crippen LogP contribution in [0.5, 0.6) is 0 Å². The number of halogens is 1. The summed E-state index contributed by atoms with van der Waals surface area (Å²) in [7, 11) is 1.82. The van der Waals surface area contributed by atoms with E-state index in [2.05, 4.69) is 15.3 Å². The second-order valence-electron chi connectivity index (χ2n) is 3.36. The standard InChI is InChI=1S/C12H12ClN3S/c1-14-12-7-15-9(6-16-12)8-17-11-5-3-2-4-10(11)13/h2-7H,8H2,1H3,(H,14,16). The molecular weight excluding hydrogens is 254 g/mol. The molecule has 0 saturated heterocycles. The largest absolute Gasteiger partial charge is 0.372 e. The maximum absolute atomic E-state index is 6.07. The van der Waals surface area contributed by atoms with Crippen LogP contribution in [0.1, 0.15) is 5.69 Å². The summed E-state index contributed by atoms with van der Waals surface area (Å²) < 4.78 is 0. The molecule has 0 saturated carbocycles. The molecule has 0 aliphatic rings. The van der Waals surface area contributed by atoms with E-state index in [9.17, 15) is 0 Å². The Kier molecular flexibility index (Phi) is 4.23. The summed E-state index contributed by atoms with van der Waals surface area (Å²) in [6.45, 7) is 0. The highest BCUT2D eigenvalue weighted by molar-refractivity contribution is 7.98. The van der Waals surface area contributed by atoms with Crippen molar-refractivity contribution in [2.75, 3.05) is 12.4 Å². The molecule has 17 heavy (non-hydrogen) atoms. The van der Waals surface area contributed by atoms with Gasteiger partial charge in [0.1, 0.15) is 5.82 Å². The van der Waals surface area contributed by atoms with Gasteiger partial charge in [0.05, 0.1) is 23.1 Å². The Labute approximate surface area is 110 Å². The number of rotatable bonds is 4. The first-order valence-electron chi connectivity index (χ1n) is 5.15.